The summed E-state index contributed by atoms with van der Waals surface area (Å²) in [5.74, 6) is -6.63. The second kappa shape index (κ2) is 51.8. The molecule has 2 aromatic carbocycles. The normalized spacial score (nSPS) is 10.9. The van der Waals surface area contributed by atoms with Crippen LogP contribution in [-0.2, 0) is 81.6 Å². The van der Waals surface area contributed by atoms with Gasteiger partial charge in [-0.2, -0.15) is 23.7 Å². The van der Waals surface area contributed by atoms with Crippen LogP contribution in [0.2, 0.25) is 0 Å². The van der Waals surface area contributed by atoms with Gasteiger partial charge in [0.25, 0.3) is 25.7 Å². The molecule has 38 heteroatoms. The van der Waals surface area contributed by atoms with Crippen LogP contribution in [0.5, 0.6) is 0 Å². The van der Waals surface area contributed by atoms with Crippen molar-refractivity contribution in [2.45, 2.75) is 140 Å². The summed E-state index contributed by atoms with van der Waals surface area (Å²) in [6.07, 6.45) is -10.9. The summed E-state index contributed by atoms with van der Waals surface area (Å²) in [6, 6.07) is 20.6. The van der Waals surface area contributed by atoms with E-state index in [0.29, 0.717) is 40.6 Å². The van der Waals surface area contributed by atoms with E-state index in [1.54, 1.807) is 85.9 Å². The van der Waals surface area contributed by atoms with Gasteiger partial charge in [0, 0.05) is 118 Å². The molecule has 0 aliphatic rings. The van der Waals surface area contributed by atoms with Crippen LogP contribution in [0, 0.1) is 34.5 Å². The number of pyridine rings is 4. The largest absolute Gasteiger partial charge is 0.500 e. The molecular weight excluding hydrogens is 1580 g/mol. The van der Waals surface area contributed by atoms with Crippen molar-refractivity contribution in [2.75, 3.05) is 47.1 Å². The molecular formula is C78H87ClF13N11O13. The Morgan fingerprint density at radius 3 is 1.37 bits per heavy atom. The second-order valence-electron chi connectivity index (χ2n) is 24.0. The van der Waals surface area contributed by atoms with Crippen molar-refractivity contribution in [3.8, 4) is 23.4 Å². The number of carbonyl (C=O) groups is 8. The molecule has 0 unspecified atom stereocenters. The number of hydrogen-bond acceptors (Lipinski definition) is 21. The maximum Gasteiger partial charge on any atom is 0.416 e. The highest BCUT2D eigenvalue weighted by Crippen LogP contribution is 2.35. The number of halogens is 14. The number of nitriles is 2. The number of Topliss-reactive ketones (excluding diaryl/α,β-unsaturated/α-hetero) is 2. The van der Waals surface area contributed by atoms with Crippen LogP contribution in [0.25, 0.3) is 22.2 Å². The lowest BCUT2D eigenvalue weighted by molar-refractivity contribution is -0.142. The van der Waals surface area contributed by atoms with Crippen molar-refractivity contribution in [3.05, 3.63) is 200 Å². The number of aryl methyl sites for hydroxylation is 1. The summed E-state index contributed by atoms with van der Waals surface area (Å²) in [5, 5.41) is 22.6. The van der Waals surface area contributed by atoms with Gasteiger partial charge in [0.05, 0.1) is 66.9 Å². The Hall–Kier alpha value is -11.9. The van der Waals surface area contributed by atoms with Gasteiger partial charge in [-0.25, -0.2) is 63.1 Å². The number of esters is 4. The van der Waals surface area contributed by atoms with Crippen LogP contribution in [0.15, 0.2) is 122 Å². The first-order valence-corrected chi connectivity index (χ1v) is 34.9. The number of carbonyl (C=O) groups excluding carboxylic acids is 8. The fourth-order valence-electron chi connectivity index (χ4n) is 9.22. The van der Waals surface area contributed by atoms with Crippen molar-refractivity contribution in [1.29, 1.82) is 10.5 Å². The van der Waals surface area contributed by atoms with E-state index in [9.17, 15) is 95.4 Å². The van der Waals surface area contributed by atoms with Gasteiger partial charge in [0.15, 0.2) is 5.78 Å². The quantitative estimate of drug-likeness (QED) is 0.00451. The lowest BCUT2D eigenvalue weighted by Crippen LogP contribution is -2.27. The lowest BCUT2D eigenvalue weighted by atomic mass is 9.99. The Balaban J connectivity index is 0.000000754. The minimum atomic E-state index is -4.43. The number of alkyl halides is 13. The van der Waals surface area contributed by atoms with Crippen LogP contribution in [0.4, 0.5) is 57.1 Å². The molecule has 0 radical (unpaired) electrons. The number of nitrogens with one attached hydrogen (secondary N) is 2. The molecule has 24 nitrogen and oxygen atoms in total. The fourth-order valence-corrected chi connectivity index (χ4v) is 9.22. The summed E-state index contributed by atoms with van der Waals surface area (Å²) < 4.78 is 191. The van der Waals surface area contributed by atoms with Gasteiger partial charge in [-0.05, 0) is 124 Å². The van der Waals surface area contributed by atoms with Crippen LogP contribution >= 0.6 is 12.4 Å². The molecule has 0 saturated carbocycles. The number of ketones is 2. The average Bonchev–Trinajstić information content (AvgIpc) is 1.63. The van der Waals surface area contributed by atoms with E-state index in [1.807, 2.05) is 42.6 Å². The number of allylic oxidation sites excluding steroid dienone is 1. The molecule has 116 heavy (non-hydrogen) atoms. The average molecular weight is 1670 g/mol. The Bertz CT molecular complexity index is 4550. The van der Waals surface area contributed by atoms with E-state index >= 15 is 0 Å². The van der Waals surface area contributed by atoms with Gasteiger partial charge >= 0.3 is 36.5 Å². The Kier molecular flexibility index (Phi) is 45.6. The monoisotopic (exact) mass is 1670 g/mol. The predicted molar refractivity (Wildman–Crippen MR) is 400 cm³/mol. The number of aromatic nitrogens is 5. The maximum atomic E-state index is 13.7. The van der Waals surface area contributed by atoms with Crippen LogP contribution in [-0.4, -0.2) is 130 Å². The van der Waals surface area contributed by atoms with Crippen LogP contribution in [0.1, 0.15) is 193 Å². The Morgan fingerprint density at radius 2 is 0.991 bits per heavy atom. The number of nitrogens with zero attached hydrogens (tertiary/aromatic N) is 8. The number of ether oxygens (including phenoxy) is 5. The summed E-state index contributed by atoms with van der Waals surface area (Å²) >= 11 is 0. The number of rotatable bonds is 29. The van der Waals surface area contributed by atoms with E-state index < -0.39 is 108 Å². The molecule has 7 rings (SSSR count). The van der Waals surface area contributed by atoms with Crippen molar-refractivity contribution in [2.24, 2.45) is 17.6 Å². The molecule has 0 saturated heterocycles. The second-order valence-corrected chi connectivity index (χ2v) is 24.0. The molecule has 2 amide bonds. The molecule has 0 bridgehead atoms. The van der Waals surface area contributed by atoms with Gasteiger partial charge in [-0.1, -0.05) is 45.9 Å². The Labute approximate surface area is 666 Å². The first kappa shape index (κ1) is 102. The van der Waals surface area contributed by atoms with Crippen LogP contribution < -0.4 is 16.4 Å². The first-order chi connectivity index (χ1) is 54.2. The molecule has 630 valence electrons. The molecule has 4 N–H and O–H groups in total. The van der Waals surface area contributed by atoms with Crippen molar-refractivity contribution in [1.82, 2.24) is 40.0 Å². The molecule has 0 aliphatic heterocycles. The van der Waals surface area contributed by atoms with E-state index in [2.05, 4.69) is 49.5 Å². The van der Waals surface area contributed by atoms with Gasteiger partial charge in [0.1, 0.15) is 40.7 Å². The Morgan fingerprint density at radius 1 is 0.560 bits per heavy atom. The molecule has 0 atom stereocenters. The number of nitrogens with two attached hydrogens (primary N) is 1. The third kappa shape index (κ3) is 33.3. The van der Waals surface area contributed by atoms with Gasteiger partial charge in [0.2, 0.25) is 17.6 Å². The zero-order chi connectivity index (χ0) is 87.0. The summed E-state index contributed by atoms with van der Waals surface area (Å²) in [5.41, 5.74) is 4.45. The smallest absolute Gasteiger partial charge is 0.416 e. The molecule has 0 aliphatic carbocycles. The van der Waals surface area contributed by atoms with Crippen molar-refractivity contribution >= 4 is 70.6 Å². The van der Waals surface area contributed by atoms with Crippen molar-refractivity contribution in [3.63, 3.8) is 0 Å². The van der Waals surface area contributed by atoms with Gasteiger partial charge in [-0.3, -0.25) is 39.1 Å². The van der Waals surface area contributed by atoms with E-state index in [4.69, 9.17) is 21.0 Å². The van der Waals surface area contributed by atoms with E-state index in [-0.39, 0.29) is 123 Å². The molecule has 7 aromatic rings. The first-order valence-electron chi connectivity index (χ1n) is 34.9. The minimum Gasteiger partial charge on any atom is -0.500 e. The summed E-state index contributed by atoms with van der Waals surface area (Å²) in [7, 11) is 3.74. The minimum absolute atomic E-state index is 0. The number of amides is 2. The third-order valence-corrected chi connectivity index (χ3v) is 14.7. The number of hydrogen-bond donors (Lipinski definition) is 3. The van der Waals surface area contributed by atoms with Crippen molar-refractivity contribution < 1.29 is 119 Å². The third-order valence-electron chi connectivity index (χ3n) is 14.7. The topological polar surface area (TPSA) is 340 Å². The highest BCUT2D eigenvalue weighted by molar-refractivity contribution is 6.18. The lowest BCUT2D eigenvalue weighted by Gasteiger charge is -2.12. The highest BCUT2D eigenvalue weighted by atomic mass is 35.5. The molecule has 0 fully saturated rings. The predicted octanol–water partition coefficient (Wildman–Crippen LogP) is 15.9. The number of fused-ring (bicyclic) bond motifs is 1. The van der Waals surface area contributed by atoms with E-state index in [1.165, 1.54) is 61.9 Å². The van der Waals surface area contributed by atoms with Gasteiger partial charge in [-0.15, -0.1) is 12.4 Å². The zero-order valence-electron chi connectivity index (χ0n) is 64.9. The summed E-state index contributed by atoms with van der Waals surface area (Å²) in [6.45, 7) is 17.9. The maximum absolute atomic E-state index is 13.7. The standard InChI is InChI=1S/C30H28F5N3O2.C14H18F2N2O3.C10H12F2N2O2.C10H8F2N2O2.C9H12F2O4.C5H8N2.ClH/c1-4-38-24-10-5-18(11-21(24)14-25(38)20-6-8-22(9-7-20)30(33,34)35)13-26(39)23-12-19(15-36-27(23)28(31)32)16-37-29(40)17(2)3;1-4-21-14(20)10-5-9(6-17-11(10)12(15)16)7-18-13(19)8(2)3;2*1-2-16-10(15)7-3-6(4-13)5-14-8(7)9(11)12;1-3-14-5-6(7(12)8(10)11)9(13)15-4-2;1-7(2)5-3-4-6;/h5-12,14-15,17,28H,4,13,16H2,1-3H3,(H,37,40);5-6,8,12H,4,7H2,1-3H3,(H,18,19);3,5,9H,2,4,13H2,1H3;3,5,9H,2H2,1H3;5,8H,3-4H2,1-2H3;3,5H,1-2H3;1H/b;;;;6-5+;5-3+;. The number of benzene rings is 2. The summed E-state index contributed by atoms with van der Waals surface area (Å²) in [4.78, 5) is 109. The van der Waals surface area contributed by atoms with E-state index in [0.717, 1.165) is 41.0 Å². The SMILES string of the molecule is CCO/C=C(/C(=O)OCC)C(=O)C(F)F.CCOC(=O)c1cc(C#N)cnc1C(F)F.CCOC(=O)c1cc(CN)cnc1C(F)F.CCOC(=O)c1cc(CNC(=O)C(C)C)cnc1C(F)F.CCn1c(-c2ccc(C(F)(F)F)cc2)cc2cc(CC(=O)c3cc(CNC(=O)C(C)C)cnc3C(F)F)ccc21.CN(C)/C=C/C#N.Cl. The molecule has 5 aromatic heterocycles. The zero-order valence-corrected chi connectivity index (χ0v) is 65.7. The van der Waals surface area contributed by atoms with Gasteiger partial charge < -0.3 is 49.5 Å². The fraction of sp³-hybridized carbons (Fsp3) is 0.385. The van der Waals surface area contributed by atoms with Crippen LogP contribution in [0.3, 0.4) is 0 Å². The molecule has 5 heterocycles. The molecule has 0 spiro atoms. The highest BCUT2D eigenvalue weighted by Gasteiger charge is 2.32.